The largest absolute Gasteiger partial charge is 0.444 e. The molecule has 3 rings (SSSR count). The molecule has 1 amide bonds. The van der Waals surface area contributed by atoms with Crippen molar-refractivity contribution in [3.63, 3.8) is 0 Å². The van der Waals surface area contributed by atoms with Crippen LogP contribution in [-0.4, -0.2) is 16.1 Å². The number of aromatic nitrogens is 2. The molecule has 0 fully saturated rings. The Hall–Kier alpha value is -3.21. The van der Waals surface area contributed by atoms with E-state index in [0.717, 1.165) is 11.1 Å². The Morgan fingerprint density at radius 2 is 1.65 bits per heavy atom. The third-order valence-corrected chi connectivity index (χ3v) is 3.13. The zero-order chi connectivity index (χ0) is 15.9. The van der Waals surface area contributed by atoms with Crippen molar-refractivity contribution in [1.82, 2.24) is 9.97 Å². The lowest BCUT2D eigenvalue weighted by atomic mass is 10.2. The molecule has 0 radical (unpaired) electrons. The van der Waals surface area contributed by atoms with Crippen molar-refractivity contribution >= 4 is 11.9 Å². The van der Waals surface area contributed by atoms with Gasteiger partial charge >= 0.3 is 6.09 Å². The first-order chi connectivity index (χ1) is 11.3. The van der Waals surface area contributed by atoms with Crippen molar-refractivity contribution in [2.24, 2.45) is 0 Å². The van der Waals surface area contributed by atoms with Crippen LogP contribution in [0.3, 0.4) is 0 Å². The van der Waals surface area contributed by atoms with Gasteiger partial charge in [-0.25, -0.2) is 14.8 Å². The maximum absolute atomic E-state index is 11.8. The summed E-state index contributed by atoms with van der Waals surface area (Å²) >= 11 is 0. The fraction of sp³-hybridized carbons (Fsp3) is 0.0556. The molecule has 0 aliphatic carbocycles. The smallest absolute Gasteiger partial charge is 0.413 e. The molecule has 0 saturated heterocycles. The lowest BCUT2D eigenvalue weighted by molar-refractivity contribution is 0.155. The van der Waals surface area contributed by atoms with Crippen LogP contribution < -0.4 is 5.32 Å². The number of amides is 1. The lowest BCUT2D eigenvalue weighted by Gasteiger charge is -2.07. The van der Waals surface area contributed by atoms with Gasteiger partial charge in [0.2, 0.25) is 0 Å². The van der Waals surface area contributed by atoms with Crippen LogP contribution in [0.2, 0.25) is 0 Å². The summed E-state index contributed by atoms with van der Waals surface area (Å²) in [6.07, 6.45) is 1.05. The molecule has 0 bridgehead atoms. The van der Waals surface area contributed by atoms with Crippen molar-refractivity contribution in [2.75, 3.05) is 5.32 Å². The number of rotatable bonds is 4. The highest BCUT2D eigenvalue weighted by Crippen LogP contribution is 2.15. The molecule has 1 heterocycles. The summed E-state index contributed by atoms with van der Waals surface area (Å²) in [5.74, 6) is 0.948. The second kappa shape index (κ2) is 7.17. The number of ether oxygens (including phenoxy) is 1. The first kappa shape index (κ1) is 14.7. The number of carbonyl (C=O) groups excluding carboxylic acids is 1. The van der Waals surface area contributed by atoms with E-state index >= 15 is 0 Å². The van der Waals surface area contributed by atoms with Gasteiger partial charge in [-0.2, -0.15) is 0 Å². The summed E-state index contributed by atoms with van der Waals surface area (Å²) < 4.78 is 5.17. The number of benzene rings is 2. The van der Waals surface area contributed by atoms with E-state index in [4.69, 9.17) is 4.74 Å². The van der Waals surface area contributed by atoms with Crippen LogP contribution >= 0.6 is 0 Å². The Morgan fingerprint density at radius 3 is 2.39 bits per heavy atom. The Labute approximate surface area is 134 Å². The molecular weight excluding hydrogens is 290 g/mol. The zero-order valence-corrected chi connectivity index (χ0v) is 12.3. The van der Waals surface area contributed by atoms with Crippen molar-refractivity contribution in [2.45, 2.75) is 6.61 Å². The second-order valence-electron chi connectivity index (χ2n) is 4.82. The van der Waals surface area contributed by atoms with E-state index in [9.17, 15) is 4.79 Å². The van der Waals surface area contributed by atoms with E-state index < -0.39 is 6.09 Å². The maximum Gasteiger partial charge on any atom is 0.413 e. The van der Waals surface area contributed by atoms with Gasteiger partial charge in [-0.1, -0.05) is 60.7 Å². The molecule has 3 aromatic rings. The van der Waals surface area contributed by atoms with E-state index in [1.165, 1.54) is 0 Å². The van der Waals surface area contributed by atoms with Gasteiger partial charge in [0.25, 0.3) is 0 Å². The van der Waals surface area contributed by atoms with Gasteiger partial charge < -0.3 is 4.74 Å². The standard InChI is InChI=1S/C18H15N3O2/c22-18(23-13-14-7-3-1-4-8-14)21-16-11-12-19-17(20-16)15-9-5-2-6-10-15/h1-12H,13H2,(H,19,20,21,22). The summed E-state index contributed by atoms with van der Waals surface area (Å²) in [5, 5.41) is 2.61. The van der Waals surface area contributed by atoms with E-state index in [2.05, 4.69) is 15.3 Å². The molecular formula is C18H15N3O2. The summed E-state index contributed by atoms with van der Waals surface area (Å²) in [4.78, 5) is 20.4. The van der Waals surface area contributed by atoms with Gasteiger partial charge in [-0.3, -0.25) is 5.32 Å². The SMILES string of the molecule is O=C(Nc1ccnc(-c2ccccc2)n1)OCc1ccccc1. The molecule has 23 heavy (non-hydrogen) atoms. The fourth-order valence-corrected chi connectivity index (χ4v) is 2.02. The monoisotopic (exact) mass is 305 g/mol. The number of nitrogens with zero attached hydrogens (tertiary/aromatic N) is 2. The van der Waals surface area contributed by atoms with Crippen molar-refractivity contribution < 1.29 is 9.53 Å². The quantitative estimate of drug-likeness (QED) is 0.794. The molecule has 1 N–H and O–H groups in total. The number of nitrogens with one attached hydrogen (secondary N) is 1. The van der Waals surface area contributed by atoms with Crippen LogP contribution in [0.1, 0.15) is 5.56 Å². The fourth-order valence-electron chi connectivity index (χ4n) is 2.02. The zero-order valence-electron chi connectivity index (χ0n) is 12.3. The Morgan fingerprint density at radius 1 is 0.957 bits per heavy atom. The summed E-state index contributed by atoms with van der Waals surface area (Å²) in [6.45, 7) is 0.212. The highest BCUT2D eigenvalue weighted by atomic mass is 16.5. The highest BCUT2D eigenvalue weighted by Gasteiger charge is 2.07. The van der Waals surface area contributed by atoms with Crippen LogP contribution in [0.5, 0.6) is 0 Å². The lowest BCUT2D eigenvalue weighted by Crippen LogP contribution is -2.14. The number of anilines is 1. The predicted molar refractivity (Wildman–Crippen MR) is 87.7 cm³/mol. The molecule has 0 atom stereocenters. The van der Waals surface area contributed by atoms with Crippen LogP contribution in [0.25, 0.3) is 11.4 Å². The van der Waals surface area contributed by atoms with Gasteiger partial charge in [-0.05, 0) is 11.6 Å². The molecule has 1 aromatic heterocycles. The molecule has 2 aromatic carbocycles. The molecule has 0 aliphatic rings. The normalized spacial score (nSPS) is 10.1. The topological polar surface area (TPSA) is 64.1 Å². The molecule has 0 spiro atoms. The van der Waals surface area contributed by atoms with Crippen molar-refractivity contribution in [1.29, 1.82) is 0 Å². The summed E-state index contributed by atoms with van der Waals surface area (Å²) in [7, 11) is 0. The molecule has 5 nitrogen and oxygen atoms in total. The molecule has 0 saturated carbocycles. The molecule has 114 valence electrons. The predicted octanol–water partition coefficient (Wildman–Crippen LogP) is 3.89. The van der Waals surface area contributed by atoms with E-state index in [1.807, 2.05) is 60.7 Å². The van der Waals surface area contributed by atoms with Gasteiger partial charge in [0.15, 0.2) is 5.82 Å². The first-order valence-corrected chi connectivity index (χ1v) is 7.17. The second-order valence-corrected chi connectivity index (χ2v) is 4.82. The van der Waals surface area contributed by atoms with Crippen LogP contribution in [0.15, 0.2) is 72.9 Å². The van der Waals surface area contributed by atoms with Gasteiger partial charge in [0.1, 0.15) is 12.4 Å². The maximum atomic E-state index is 11.8. The first-order valence-electron chi connectivity index (χ1n) is 7.17. The van der Waals surface area contributed by atoms with Crippen LogP contribution in [0, 0.1) is 0 Å². The van der Waals surface area contributed by atoms with Gasteiger partial charge in [0.05, 0.1) is 0 Å². The van der Waals surface area contributed by atoms with Crippen molar-refractivity contribution in [3.8, 4) is 11.4 Å². The Kier molecular flexibility index (Phi) is 4.59. The summed E-state index contributed by atoms with van der Waals surface area (Å²) in [6, 6.07) is 20.7. The van der Waals surface area contributed by atoms with Crippen molar-refractivity contribution in [3.05, 3.63) is 78.5 Å². The van der Waals surface area contributed by atoms with E-state index in [1.54, 1.807) is 12.3 Å². The highest BCUT2D eigenvalue weighted by molar-refractivity contribution is 5.83. The minimum atomic E-state index is -0.549. The average molecular weight is 305 g/mol. The van der Waals surface area contributed by atoms with Crippen LogP contribution in [-0.2, 0) is 11.3 Å². The minimum Gasteiger partial charge on any atom is -0.444 e. The third kappa shape index (κ3) is 4.14. The minimum absolute atomic E-state index is 0.212. The molecule has 5 heteroatoms. The summed E-state index contributed by atoms with van der Waals surface area (Å²) in [5.41, 5.74) is 1.81. The Bertz CT molecular complexity index is 777. The van der Waals surface area contributed by atoms with Crippen LogP contribution in [0.4, 0.5) is 10.6 Å². The van der Waals surface area contributed by atoms with E-state index in [-0.39, 0.29) is 6.61 Å². The molecule has 0 unspecified atom stereocenters. The average Bonchev–Trinajstić information content (AvgIpc) is 2.62. The number of hydrogen-bond acceptors (Lipinski definition) is 4. The molecule has 0 aliphatic heterocycles. The number of carbonyl (C=O) groups is 1. The third-order valence-electron chi connectivity index (χ3n) is 3.13. The van der Waals surface area contributed by atoms with Gasteiger partial charge in [-0.15, -0.1) is 0 Å². The Balaban J connectivity index is 1.63. The van der Waals surface area contributed by atoms with E-state index in [0.29, 0.717) is 11.6 Å². The number of hydrogen-bond donors (Lipinski definition) is 1. The van der Waals surface area contributed by atoms with Gasteiger partial charge in [0, 0.05) is 11.8 Å².